The summed E-state index contributed by atoms with van der Waals surface area (Å²) in [7, 11) is 0. The summed E-state index contributed by atoms with van der Waals surface area (Å²) < 4.78 is 0.903. The van der Waals surface area contributed by atoms with Crippen LogP contribution in [0.3, 0.4) is 0 Å². The second kappa shape index (κ2) is 6.24. The molecule has 1 aromatic rings. The van der Waals surface area contributed by atoms with E-state index in [1.54, 1.807) is 12.4 Å². The average molecular weight is 276 g/mol. The molecular formula is C9H14BrN3S. The Morgan fingerprint density at radius 3 is 2.71 bits per heavy atom. The summed E-state index contributed by atoms with van der Waals surface area (Å²) in [5.41, 5.74) is 0. The number of thioether (sulfide) groups is 1. The van der Waals surface area contributed by atoms with Crippen LogP contribution in [0.5, 0.6) is 0 Å². The Labute approximate surface area is 97.2 Å². The first-order valence-electron chi connectivity index (χ1n) is 4.46. The molecule has 0 saturated carbocycles. The van der Waals surface area contributed by atoms with Gasteiger partial charge in [0.05, 0.1) is 4.47 Å². The van der Waals surface area contributed by atoms with Crippen LogP contribution in [0.1, 0.15) is 13.3 Å². The summed E-state index contributed by atoms with van der Waals surface area (Å²) in [5.74, 6) is 0.696. The van der Waals surface area contributed by atoms with Gasteiger partial charge in [-0.25, -0.2) is 9.97 Å². The van der Waals surface area contributed by atoms with E-state index in [9.17, 15) is 0 Å². The van der Waals surface area contributed by atoms with Gasteiger partial charge in [0.1, 0.15) is 0 Å². The molecule has 1 aromatic heterocycles. The monoisotopic (exact) mass is 275 g/mol. The van der Waals surface area contributed by atoms with E-state index in [-0.39, 0.29) is 0 Å². The highest BCUT2D eigenvalue weighted by molar-refractivity contribution is 9.10. The summed E-state index contributed by atoms with van der Waals surface area (Å²) in [5, 5.41) is 3.86. The molecule has 1 N–H and O–H groups in total. The van der Waals surface area contributed by atoms with Crippen LogP contribution in [-0.2, 0) is 0 Å². The third-order valence-electron chi connectivity index (χ3n) is 1.86. The summed E-state index contributed by atoms with van der Waals surface area (Å²) in [6.45, 7) is 3.14. The van der Waals surface area contributed by atoms with Gasteiger partial charge in [0.2, 0.25) is 5.95 Å². The van der Waals surface area contributed by atoms with Gasteiger partial charge in [-0.05, 0) is 28.6 Å². The van der Waals surface area contributed by atoms with Crippen molar-refractivity contribution in [3.8, 4) is 0 Å². The first-order chi connectivity index (χ1) is 6.72. The zero-order chi connectivity index (χ0) is 10.4. The maximum Gasteiger partial charge on any atom is 0.222 e. The number of halogens is 1. The normalized spacial score (nSPS) is 12.5. The number of nitrogens with zero attached hydrogens (tertiary/aromatic N) is 2. The molecule has 0 aliphatic heterocycles. The lowest BCUT2D eigenvalue weighted by Gasteiger charge is -2.08. The molecule has 0 aliphatic rings. The van der Waals surface area contributed by atoms with Gasteiger partial charge in [0.25, 0.3) is 0 Å². The Morgan fingerprint density at radius 1 is 1.50 bits per heavy atom. The van der Waals surface area contributed by atoms with Gasteiger partial charge >= 0.3 is 0 Å². The Bertz CT molecular complexity index is 265. The molecule has 1 heterocycles. The van der Waals surface area contributed by atoms with Gasteiger partial charge in [-0.15, -0.1) is 0 Å². The zero-order valence-corrected chi connectivity index (χ0v) is 10.7. The summed E-state index contributed by atoms with van der Waals surface area (Å²) in [4.78, 5) is 8.25. The van der Waals surface area contributed by atoms with Gasteiger partial charge in [0, 0.05) is 24.2 Å². The molecule has 1 unspecified atom stereocenters. The second-order valence-corrected chi connectivity index (χ2v) is 5.18. The molecule has 0 fully saturated rings. The van der Waals surface area contributed by atoms with Crippen molar-refractivity contribution in [2.24, 2.45) is 0 Å². The molecule has 78 valence electrons. The van der Waals surface area contributed by atoms with E-state index in [4.69, 9.17) is 0 Å². The molecule has 14 heavy (non-hydrogen) atoms. The van der Waals surface area contributed by atoms with E-state index >= 15 is 0 Å². The zero-order valence-electron chi connectivity index (χ0n) is 8.33. The van der Waals surface area contributed by atoms with Crippen molar-refractivity contribution in [3.63, 3.8) is 0 Å². The third-order valence-corrected chi connectivity index (χ3v) is 3.31. The van der Waals surface area contributed by atoms with Crippen molar-refractivity contribution >= 4 is 33.6 Å². The molecule has 1 atom stereocenters. The van der Waals surface area contributed by atoms with Crippen LogP contribution in [0.15, 0.2) is 16.9 Å². The summed E-state index contributed by atoms with van der Waals surface area (Å²) >= 11 is 5.17. The quantitative estimate of drug-likeness (QED) is 0.897. The lowest BCUT2D eigenvalue weighted by molar-refractivity contribution is 0.844. The first-order valence-corrected chi connectivity index (χ1v) is 6.54. The van der Waals surface area contributed by atoms with Crippen molar-refractivity contribution < 1.29 is 0 Å². The van der Waals surface area contributed by atoms with Crippen molar-refractivity contribution in [2.75, 3.05) is 18.1 Å². The van der Waals surface area contributed by atoms with Crippen molar-refractivity contribution in [1.29, 1.82) is 0 Å². The highest BCUT2D eigenvalue weighted by atomic mass is 79.9. The fourth-order valence-electron chi connectivity index (χ4n) is 0.909. The molecule has 0 saturated heterocycles. The number of anilines is 1. The van der Waals surface area contributed by atoms with E-state index in [2.05, 4.69) is 44.4 Å². The van der Waals surface area contributed by atoms with Gasteiger partial charge in [-0.1, -0.05) is 6.92 Å². The van der Waals surface area contributed by atoms with Crippen molar-refractivity contribution in [2.45, 2.75) is 18.6 Å². The van der Waals surface area contributed by atoms with Gasteiger partial charge in [-0.3, -0.25) is 0 Å². The molecule has 3 nitrogen and oxygen atoms in total. The molecular weight excluding hydrogens is 262 g/mol. The summed E-state index contributed by atoms with van der Waals surface area (Å²) in [6, 6.07) is 0. The first kappa shape index (κ1) is 11.8. The van der Waals surface area contributed by atoms with Crippen LogP contribution in [0.2, 0.25) is 0 Å². The maximum absolute atomic E-state index is 4.13. The van der Waals surface area contributed by atoms with Crippen molar-refractivity contribution in [3.05, 3.63) is 16.9 Å². The van der Waals surface area contributed by atoms with Gasteiger partial charge in [0.15, 0.2) is 0 Å². The smallest absolute Gasteiger partial charge is 0.222 e. The molecule has 0 spiro atoms. The van der Waals surface area contributed by atoms with Crippen molar-refractivity contribution in [1.82, 2.24) is 9.97 Å². The number of hydrogen-bond donors (Lipinski definition) is 1. The predicted molar refractivity (Wildman–Crippen MR) is 65.8 cm³/mol. The molecule has 5 heteroatoms. The maximum atomic E-state index is 4.13. The molecule has 0 bridgehead atoms. The van der Waals surface area contributed by atoms with Gasteiger partial charge < -0.3 is 5.32 Å². The van der Waals surface area contributed by atoms with E-state index < -0.39 is 0 Å². The van der Waals surface area contributed by atoms with E-state index in [0.717, 1.165) is 17.4 Å². The van der Waals surface area contributed by atoms with E-state index in [0.29, 0.717) is 11.2 Å². The highest BCUT2D eigenvalue weighted by Crippen LogP contribution is 2.10. The number of hydrogen-bond acceptors (Lipinski definition) is 4. The van der Waals surface area contributed by atoms with E-state index in [1.807, 2.05) is 11.8 Å². The number of aromatic nitrogens is 2. The minimum absolute atomic E-state index is 0.679. The van der Waals surface area contributed by atoms with Crippen LogP contribution in [0.4, 0.5) is 5.95 Å². The fourth-order valence-corrected chi connectivity index (χ4v) is 1.47. The lowest BCUT2D eigenvalue weighted by atomic mass is 10.3. The minimum atomic E-state index is 0.679. The van der Waals surface area contributed by atoms with Crippen LogP contribution < -0.4 is 5.32 Å². The second-order valence-electron chi connectivity index (χ2n) is 2.99. The SMILES string of the molecule is CSC(C)CCNc1ncc(Br)cn1. The minimum Gasteiger partial charge on any atom is -0.354 e. The number of rotatable bonds is 5. The molecule has 0 radical (unpaired) electrons. The average Bonchev–Trinajstić information content (AvgIpc) is 2.21. The lowest BCUT2D eigenvalue weighted by Crippen LogP contribution is -2.09. The predicted octanol–water partition coefficient (Wildman–Crippen LogP) is 2.79. The van der Waals surface area contributed by atoms with Crippen LogP contribution in [0.25, 0.3) is 0 Å². The Hall–Kier alpha value is -0.290. The van der Waals surface area contributed by atoms with Crippen LogP contribution in [-0.4, -0.2) is 28.0 Å². The van der Waals surface area contributed by atoms with E-state index in [1.165, 1.54) is 0 Å². The fraction of sp³-hybridized carbons (Fsp3) is 0.556. The highest BCUT2D eigenvalue weighted by Gasteiger charge is 1.99. The molecule has 0 aliphatic carbocycles. The Balaban J connectivity index is 2.28. The standard InChI is InChI=1S/C9H14BrN3S/c1-7(14-2)3-4-11-9-12-5-8(10)6-13-9/h5-7H,3-4H2,1-2H3,(H,11,12,13). The Kier molecular flexibility index (Phi) is 5.25. The molecule has 0 amide bonds. The summed E-state index contributed by atoms with van der Waals surface area (Å²) in [6.07, 6.45) is 6.74. The topological polar surface area (TPSA) is 37.8 Å². The third kappa shape index (κ3) is 4.28. The van der Waals surface area contributed by atoms with Gasteiger partial charge in [-0.2, -0.15) is 11.8 Å². The molecule has 0 aromatic carbocycles. The largest absolute Gasteiger partial charge is 0.354 e. The van der Waals surface area contributed by atoms with Crippen LogP contribution in [0, 0.1) is 0 Å². The molecule has 1 rings (SSSR count). The Morgan fingerprint density at radius 2 is 2.14 bits per heavy atom. The number of nitrogens with one attached hydrogen (secondary N) is 1. The van der Waals surface area contributed by atoms with Crippen LogP contribution >= 0.6 is 27.7 Å².